The molecule has 0 fully saturated rings. The summed E-state index contributed by atoms with van der Waals surface area (Å²) in [6, 6.07) is 9.28. The first-order chi connectivity index (χ1) is 10.8. The molecule has 2 amide bonds. The molecule has 0 unspecified atom stereocenters. The fourth-order valence-corrected chi connectivity index (χ4v) is 2.40. The van der Waals surface area contributed by atoms with E-state index in [0.29, 0.717) is 11.3 Å². The minimum absolute atomic E-state index is 0.148. The lowest BCUT2D eigenvalue weighted by molar-refractivity contribution is -0.136. The quantitative estimate of drug-likeness (QED) is 0.890. The molecule has 0 atom stereocenters. The molecule has 7 heteroatoms. The molecule has 0 aromatic heterocycles. The van der Waals surface area contributed by atoms with Crippen molar-refractivity contribution in [3.05, 3.63) is 59.2 Å². The molecule has 0 saturated carbocycles. The normalized spacial score (nSPS) is 13.4. The van der Waals surface area contributed by atoms with Gasteiger partial charge >= 0.3 is 6.18 Å². The van der Waals surface area contributed by atoms with Crippen molar-refractivity contribution in [2.24, 2.45) is 0 Å². The van der Waals surface area contributed by atoms with E-state index >= 15 is 0 Å². The minimum atomic E-state index is -4.56. The van der Waals surface area contributed by atoms with Gasteiger partial charge in [-0.1, -0.05) is 12.1 Å². The van der Waals surface area contributed by atoms with E-state index in [4.69, 9.17) is 0 Å². The number of hydrogen-bond donors (Lipinski definition) is 2. The predicted octanol–water partition coefficient (Wildman–Crippen LogP) is 3.45. The van der Waals surface area contributed by atoms with E-state index < -0.39 is 17.6 Å². The molecule has 4 nitrogen and oxygen atoms in total. The van der Waals surface area contributed by atoms with Gasteiger partial charge in [0.25, 0.3) is 5.91 Å². The average Bonchev–Trinajstić information content (AvgIpc) is 2.85. The van der Waals surface area contributed by atoms with Crippen molar-refractivity contribution in [2.75, 3.05) is 10.6 Å². The van der Waals surface area contributed by atoms with Gasteiger partial charge in [-0.05, 0) is 35.9 Å². The summed E-state index contributed by atoms with van der Waals surface area (Å²) in [5, 5.41) is 4.89. The summed E-state index contributed by atoms with van der Waals surface area (Å²) in [5.74, 6) is -0.844. The third-order valence-electron chi connectivity index (χ3n) is 3.47. The molecule has 0 saturated heterocycles. The van der Waals surface area contributed by atoms with Gasteiger partial charge in [-0.3, -0.25) is 9.59 Å². The fourth-order valence-electron chi connectivity index (χ4n) is 2.40. The number of fused-ring (bicyclic) bond motifs is 1. The second-order valence-electron chi connectivity index (χ2n) is 5.09. The number of carbonyl (C=O) groups excluding carboxylic acids is 2. The Balaban J connectivity index is 1.86. The van der Waals surface area contributed by atoms with Crippen molar-refractivity contribution >= 4 is 23.2 Å². The van der Waals surface area contributed by atoms with Gasteiger partial charge in [0, 0.05) is 11.3 Å². The Morgan fingerprint density at radius 2 is 1.87 bits per heavy atom. The third kappa shape index (κ3) is 3.03. The first-order valence-corrected chi connectivity index (χ1v) is 6.75. The molecule has 1 aliphatic heterocycles. The van der Waals surface area contributed by atoms with Crippen molar-refractivity contribution in [1.29, 1.82) is 0 Å². The molecule has 23 heavy (non-hydrogen) atoms. The molecule has 1 heterocycles. The van der Waals surface area contributed by atoms with Gasteiger partial charge < -0.3 is 10.6 Å². The highest BCUT2D eigenvalue weighted by molar-refractivity contribution is 6.06. The number of rotatable bonds is 2. The monoisotopic (exact) mass is 320 g/mol. The lowest BCUT2D eigenvalue weighted by Gasteiger charge is -2.13. The smallest absolute Gasteiger partial charge is 0.326 e. The van der Waals surface area contributed by atoms with Gasteiger partial charge in [-0.15, -0.1) is 0 Å². The second kappa shape index (κ2) is 5.42. The van der Waals surface area contributed by atoms with E-state index in [9.17, 15) is 22.8 Å². The largest absolute Gasteiger partial charge is 0.418 e. The molecule has 2 N–H and O–H groups in total. The molecular weight excluding hydrogens is 309 g/mol. The summed E-state index contributed by atoms with van der Waals surface area (Å²) in [5.41, 5.74) is 0.234. The van der Waals surface area contributed by atoms with Crippen LogP contribution in [-0.2, 0) is 17.4 Å². The van der Waals surface area contributed by atoms with Crippen LogP contribution in [0.15, 0.2) is 42.5 Å². The number of nitrogens with one attached hydrogen (secondary N) is 2. The van der Waals surface area contributed by atoms with Crippen LogP contribution in [0.25, 0.3) is 0 Å². The van der Waals surface area contributed by atoms with E-state index in [1.54, 1.807) is 6.07 Å². The van der Waals surface area contributed by atoms with Gasteiger partial charge in [-0.25, -0.2) is 0 Å². The van der Waals surface area contributed by atoms with Gasteiger partial charge in [0.15, 0.2) is 0 Å². The van der Waals surface area contributed by atoms with Crippen LogP contribution in [0.3, 0.4) is 0 Å². The highest BCUT2D eigenvalue weighted by Gasteiger charge is 2.33. The summed E-state index contributed by atoms with van der Waals surface area (Å²) >= 11 is 0. The first kappa shape index (κ1) is 15.1. The Morgan fingerprint density at radius 3 is 2.61 bits per heavy atom. The Hall–Kier alpha value is -2.83. The SMILES string of the molecule is O=C1Cc2cc(C(=O)Nc3ccccc3C(F)(F)F)ccc2N1. The predicted molar refractivity (Wildman–Crippen MR) is 78.2 cm³/mol. The van der Waals surface area contributed by atoms with Crippen LogP contribution in [0.1, 0.15) is 21.5 Å². The van der Waals surface area contributed by atoms with Gasteiger partial charge in [0.2, 0.25) is 5.91 Å². The van der Waals surface area contributed by atoms with Crippen LogP contribution in [0.5, 0.6) is 0 Å². The molecule has 118 valence electrons. The number of benzene rings is 2. The summed E-state index contributed by atoms with van der Waals surface area (Å²) in [6.07, 6.45) is -4.41. The Labute approximate surface area is 129 Å². The lowest BCUT2D eigenvalue weighted by Crippen LogP contribution is -2.16. The maximum atomic E-state index is 12.9. The maximum absolute atomic E-state index is 12.9. The minimum Gasteiger partial charge on any atom is -0.326 e. The van der Waals surface area contributed by atoms with Gasteiger partial charge in [-0.2, -0.15) is 13.2 Å². The van der Waals surface area contributed by atoms with E-state index in [-0.39, 0.29) is 23.6 Å². The third-order valence-corrected chi connectivity index (χ3v) is 3.47. The highest BCUT2D eigenvalue weighted by atomic mass is 19.4. The molecule has 3 rings (SSSR count). The van der Waals surface area contributed by atoms with Crippen molar-refractivity contribution in [3.63, 3.8) is 0 Å². The molecule has 0 spiro atoms. The highest BCUT2D eigenvalue weighted by Crippen LogP contribution is 2.34. The molecule has 2 aromatic carbocycles. The van der Waals surface area contributed by atoms with E-state index in [2.05, 4.69) is 10.6 Å². The summed E-state index contributed by atoms with van der Waals surface area (Å²) in [6.45, 7) is 0. The number of hydrogen-bond acceptors (Lipinski definition) is 2. The zero-order valence-electron chi connectivity index (χ0n) is 11.7. The zero-order valence-corrected chi connectivity index (χ0v) is 11.7. The van der Waals surface area contributed by atoms with Gasteiger partial charge in [0.05, 0.1) is 17.7 Å². The average molecular weight is 320 g/mol. The van der Waals surface area contributed by atoms with Crippen LogP contribution in [0, 0.1) is 0 Å². The number of anilines is 2. The number of halogens is 3. The van der Waals surface area contributed by atoms with E-state index in [1.807, 2.05) is 0 Å². The molecular formula is C16H11F3N2O2. The Kier molecular flexibility index (Phi) is 3.55. The van der Waals surface area contributed by atoms with Crippen LogP contribution in [-0.4, -0.2) is 11.8 Å². The summed E-state index contributed by atoms with van der Waals surface area (Å²) in [7, 11) is 0. The molecule has 0 radical (unpaired) electrons. The van der Waals surface area contributed by atoms with Gasteiger partial charge in [0.1, 0.15) is 0 Å². The molecule has 0 bridgehead atoms. The molecule has 0 aliphatic carbocycles. The number of alkyl halides is 3. The number of amides is 2. The molecule has 1 aliphatic rings. The summed E-state index contributed by atoms with van der Waals surface area (Å²) in [4.78, 5) is 23.5. The van der Waals surface area contributed by atoms with E-state index in [1.165, 1.54) is 30.3 Å². The van der Waals surface area contributed by atoms with E-state index in [0.717, 1.165) is 6.07 Å². The van der Waals surface area contributed by atoms with Crippen molar-refractivity contribution < 1.29 is 22.8 Å². The first-order valence-electron chi connectivity index (χ1n) is 6.75. The van der Waals surface area contributed by atoms with Crippen molar-refractivity contribution in [1.82, 2.24) is 0 Å². The molecule has 2 aromatic rings. The second-order valence-corrected chi connectivity index (χ2v) is 5.09. The Morgan fingerprint density at radius 1 is 1.13 bits per heavy atom. The van der Waals surface area contributed by atoms with Crippen LogP contribution < -0.4 is 10.6 Å². The standard InChI is InChI=1S/C16H11F3N2O2/c17-16(18,19)11-3-1-2-4-13(11)21-15(23)9-5-6-12-10(7-9)8-14(22)20-12/h1-7H,8H2,(H,20,22)(H,21,23). The topological polar surface area (TPSA) is 58.2 Å². The Bertz CT molecular complexity index is 800. The fraction of sp³-hybridized carbons (Fsp3) is 0.125. The lowest BCUT2D eigenvalue weighted by atomic mass is 10.1. The van der Waals surface area contributed by atoms with Crippen molar-refractivity contribution in [3.8, 4) is 0 Å². The van der Waals surface area contributed by atoms with Crippen LogP contribution in [0.4, 0.5) is 24.5 Å². The number of carbonyl (C=O) groups is 2. The number of para-hydroxylation sites is 1. The van der Waals surface area contributed by atoms with Crippen LogP contribution in [0.2, 0.25) is 0 Å². The zero-order chi connectivity index (χ0) is 16.6. The summed E-state index contributed by atoms with van der Waals surface area (Å²) < 4.78 is 38.8. The maximum Gasteiger partial charge on any atom is 0.418 e. The van der Waals surface area contributed by atoms with Crippen molar-refractivity contribution in [2.45, 2.75) is 12.6 Å². The van der Waals surface area contributed by atoms with Crippen LogP contribution >= 0.6 is 0 Å².